The van der Waals surface area contributed by atoms with Crippen LogP contribution in [0.3, 0.4) is 0 Å². The lowest BCUT2D eigenvalue weighted by Crippen LogP contribution is -2.18. The molecule has 2 aromatic heterocycles. The summed E-state index contributed by atoms with van der Waals surface area (Å²) in [4.78, 5) is 19.0. The third-order valence-electron chi connectivity index (χ3n) is 2.65. The quantitative estimate of drug-likeness (QED) is 0.668. The molecular formula is C12H21N9. The first-order chi connectivity index (χ1) is 10.2. The third-order valence-corrected chi connectivity index (χ3v) is 2.65. The molecule has 0 fully saturated rings. The molecule has 9 nitrogen and oxygen atoms in total. The number of hydrogen-bond acceptors (Lipinski definition) is 8. The molecule has 0 radical (unpaired) electrons. The van der Waals surface area contributed by atoms with Gasteiger partial charge in [0.15, 0.2) is 0 Å². The second-order valence-corrected chi connectivity index (χ2v) is 4.74. The molecule has 0 aliphatic heterocycles. The van der Waals surface area contributed by atoms with E-state index in [-0.39, 0.29) is 0 Å². The number of aromatic nitrogens is 6. The maximum Gasteiger partial charge on any atom is 0.258 e. The predicted molar refractivity (Wildman–Crippen MR) is 80.6 cm³/mol. The SMILES string of the molecule is CCNc1nc(NCCCN(C)C)nc(-n2cncn2)n1. The van der Waals surface area contributed by atoms with E-state index in [1.165, 1.54) is 11.0 Å². The van der Waals surface area contributed by atoms with Gasteiger partial charge in [-0.05, 0) is 34.0 Å². The number of hydrogen-bond donors (Lipinski definition) is 2. The van der Waals surface area contributed by atoms with Crippen LogP contribution in [0.5, 0.6) is 0 Å². The lowest BCUT2D eigenvalue weighted by Gasteiger charge is -2.11. The Bertz CT molecular complexity index is 538. The van der Waals surface area contributed by atoms with Gasteiger partial charge in [0.1, 0.15) is 12.7 Å². The highest BCUT2D eigenvalue weighted by Crippen LogP contribution is 2.08. The molecule has 0 aliphatic carbocycles. The van der Waals surface area contributed by atoms with E-state index in [0.29, 0.717) is 17.8 Å². The van der Waals surface area contributed by atoms with Crippen LogP contribution in [0.4, 0.5) is 11.9 Å². The third kappa shape index (κ3) is 4.63. The first-order valence-corrected chi connectivity index (χ1v) is 6.92. The van der Waals surface area contributed by atoms with E-state index in [1.807, 2.05) is 6.92 Å². The highest BCUT2D eigenvalue weighted by atomic mass is 15.4. The smallest absolute Gasteiger partial charge is 0.258 e. The van der Waals surface area contributed by atoms with Gasteiger partial charge in [-0.1, -0.05) is 0 Å². The van der Waals surface area contributed by atoms with Crippen molar-refractivity contribution in [1.29, 1.82) is 0 Å². The molecule has 21 heavy (non-hydrogen) atoms. The van der Waals surface area contributed by atoms with Crippen molar-refractivity contribution in [3.63, 3.8) is 0 Å². The standard InChI is InChI=1S/C12H21N9/c1-4-14-10-17-11(15-6-5-7-20(2)3)19-12(18-10)21-9-13-8-16-21/h8-9H,4-7H2,1-3H3,(H2,14,15,17,18,19). The van der Waals surface area contributed by atoms with E-state index >= 15 is 0 Å². The lowest BCUT2D eigenvalue weighted by atomic mass is 10.4. The van der Waals surface area contributed by atoms with Gasteiger partial charge in [-0.25, -0.2) is 4.98 Å². The molecule has 0 amide bonds. The highest BCUT2D eigenvalue weighted by Gasteiger charge is 2.08. The van der Waals surface area contributed by atoms with Crippen molar-refractivity contribution in [2.75, 3.05) is 44.4 Å². The van der Waals surface area contributed by atoms with Crippen molar-refractivity contribution in [2.24, 2.45) is 0 Å². The van der Waals surface area contributed by atoms with Crippen LogP contribution in [-0.4, -0.2) is 68.3 Å². The topological polar surface area (TPSA) is 96.7 Å². The average molecular weight is 291 g/mol. The molecule has 0 unspecified atom stereocenters. The molecule has 0 aromatic carbocycles. The molecule has 2 rings (SSSR count). The molecule has 114 valence electrons. The fourth-order valence-electron chi connectivity index (χ4n) is 1.69. The van der Waals surface area contributed by atoms with Gasteiger partial charge in [0.05, 0.1) is 0 Å². The predicted octanol–water partition coefficient (Wildman–Crippen LogP) is 0.248. The minimum Gasteiger partial charge on any atom is -0.354 e. The fraction of sp³-hybridized carbons (Fsp3) is 0.583. The van der Waals surface area contributed by atoms with Crippen LogP contribution in [0.2, 0.25) is 0 Å². The van der Waals surface area contributed by atoms with Crippen LogP contribution in [0.1, 0.15) is 13.3 Å². The summed E-state index contributed by atoms with van der Waals surface area (Å²) in [6.07, 6.45) is 4.01. The Balaban J connectivity index is 2.08. The monoisotopic (exact) mass is 291 g/mol. The highest BCUT2D eigenvalue weighted by molar-refractivity contribution is 5.37. The summed E-state index contributed by atoms with van der Waals surface area (Å²) in [5.41, 5.74) is 0. The summed E-state index contributed by atoms with van der Waals surface area (Å²) in [6, 6.07) is 0. The van der Waals surface area contributed by atoms with Crippen molar-refractivity contribution in [3.05, 3.63) is 12.7 Å². The minimum atomic E-state index is 0.438. The summed E-state index contributed by atoms with van der Waals surface area (Å²) < 4.78 is 1.51. The van der Waals surface area contributed by atoms with Gasteiger partial charge < -0.3 is 15.5 Å². The van der Waals surface area contributed by atoms with E-state index in [1.54, 1.807) is 6.33 Å². The van der Waals surface area contributed by atoms with Crippen LogP contribution >= 0.6 is 0 Å². The van der Waals surface area contributed by atoms with Crippen molar-refractivity contribution in [1.82, 2.24) is 34.6 Å². The van der Waals surface area contributed by atoms with E-state index in [2.05, 4.69) is 54.7 Å². The van der Waals surface area contributed by atoms with Gasteiger partial charge in [-0.2, -0.15) is 24.7 Å². The summed E-state index contributed by atoms with van der Waals surface area (Å²) >= 11 is 0. The van der Waals surface area contributed by atoms with Gasteiger partial charge in [0, 0.05) is 13.1 Å². The van der Waals surface area contributed by atoms with Gasteiger partial charge >= 0.3 is 0 Å². The van der Waals surface area contributed by atoms with Gasteiger partial charge in [-0.15, -0.1) is 0 Å². The van der Waals surface area contributed by atoms with Crippen LogP contribution in [0, 0.1) is 0 Å². The van der Waals surface area contributed by atoms with Crippen molar-refractivity contribution in [2.45, 2.75) is 13.3 Å². The summed E-state index contributed by atoms with van der Waals surface area (Å²) in [6.45, 7) is 4.53. The molecule has 0 atom stereocenters. The maximum atomic E-state index is 4.35. The maximum absolute atomic E-state index is 4.35. The van der Waals surface area contributed by atoms with Crippen molar-refractivity contribution in [3.8, 4) is 5.95 Å². The van der Waals surface area contributed by atoms with E-state index < -0.39 is 0 Å². The van der Waals surface area contributed by atoms with Crippen LogP contribution in [0.15, 0.2) is 12.7 Å². The Morgan fingerprint density at radius 2 is 1.90 bits per heavy atom. The lowest BCUT2D eigenvalue weighted by molar-refractivity contribution is 0.405. The fourth-order valence-corrected chi connectivity index (χ4v) is 1.69. The van der Waals surface area contributed by atoms with Crippen LogP contribution in [-0.2, 0) is 0 Å². The Labute approximate surface area is 123 Å². The first-order valence-electron chi connectivity index (χ1n) is 6.92. The normalized spacial score (nSPS) is 10.9. The zero-order valence-electron chi connectivity index (χ0n) is 12.6. The second kappa shape index (κ2) is 7.48. The molecule has 2 aromatic rings. The van der Waals surface area contributed by atoms with Crippen LogP contribution in [0.25, 0.3) is 5.95 Å². The number of nitrogens with one attached hydrogen (secondary N) is 2. The second-order valence-electron chi connectivity index (χ2n) is 4.74. The Morgan fingerprint density at radius 1 is 1.14 bits per heavy atom. The Kier molecular flexibility index (Phi) is 5.38. The Hall–Kier alpha value is -2.29. The average Bonchev–Trinajstić information content (AvgIpc) is 2.98. The molecule has 9 heteroatoms. The number of anilines is 2. The van der Waals surface area contributed by atoms with E-state index in [4.69, 9.17) is 0 Å². The van der Waals surface area contributed by atoms with Gasteiger partial charge in [0.25, 0.3) is 5.95 Å². The molecular weight excluding hydrogens is 270 g/mol. The molecule has 0 saturated heterocycles. The largest absolute Gasteiger partial charge is 0.354 e. The van der Waals surface area contributed by atoms with Crippen molar-refractivity contribution >= 4 is 11.9 Å². The first kappa shape index (κ1) is 15.1. The van der Waals surface area contributed by atoms with E-state index in [9.17, 15) is 0 Å². The number of rotatable bonds is 8. The molecule has 0 bridgehead atoms. The summed E-state index contributed by atoms with van der Waals surface area (Å²) in [5, 5.41) is 10.3. The van der Waals surface area contributed by atoms with Gasteiger partial charge in [0.2, 0.25) is 11.9 Å². The van der Waals surface area contributed by atoms with Crippen LogP contribution < -0.4 is 10.6 Å². The zero-order chi connectivity index (χ0) is 15.1. The summed E-state index contributed by atoms with van der Waals surface area (Å²) in [7, 11) is 4.10. The number of nitrogens with zero attached hydrogens (tertiary/aromatic N) is 7. The minimum absolute atomic E-state index is 0.438. The molecule has 0 saturated carbocycles. The molecule has 0 aliphatic rings. The van der Waals surface area contributed by atoms with E-state index in [0.717, 1.165) is 26.1 Å². The zero-order valence-corrected chi connectivity index (χ0v) is 12.6. The van der Waals surface area contributed by atoms with Gasteiger partial charge in [-0.3, -0.25) is 0 Å². The Morgan fingerprint density at radius 3 is 2.52 bits per heavy atom. The molecule has 2 N–H and O–H groups in total. The molecule has 0 spiro atoms. The van der Waals surface area contributed by atoms with Crippen molar-refractivity contribution < 1.29 is 0 Å². The summed E-state index contributed by atoms with van der Waals surface area (Å²) in [5.74, 6) is 1.49. The molecule has 2 heterocycles.